The van der Waals surface area contributed by atoms with Gasteiger partial charge in [-0.1, -0.05) is 64.7 Å². The fourth-order valence-electron chi connectivity index (χ4n) is 2.44. The van der Waals surface area contributed by atoms with Crippen molar-refractivity contribution in [2.75, 3.05) is 19.3 Å². The van der Waals surface area contributed by atoms with Gasteiger partial charge in [0.2, 0.25) is 0 Å². The second-order valence-electron chi connectivity index (χ2n) is 6.32. The average Bonchev–Trinajstić information content (AvgIpc) is 2.45. The molecule has 0 fully saturated rings. The summed E-state index contributed by atoms with van der Waals surface area (Å²) in [5.74, 6) is -0.657. The Kier molecular flexibility index (Phi) is 13.5. The first-order valence-electron chi connectivity index (χ1n) is 8.87. The van der Waals surface area contributed by atoms with Crippen molar-refractivity contribution in [2.45, 2.75) is 77.2 Å². The van der Waals surface area contributed by atoms with E-state index >= 15 is 0 Å². The number of hydrogen-bond donors (Lipinski definition) is 2. The van der Waals surface area contributed by atoms with Gasteiger partial charge in [-0.3, -0.25) is 4.55 Å². The minimum Gasteiger partial charge on any atom is -0.388 e. The molecule has 0 heterocycles. The Hall–Kier alpha value is -0.590. The molecule has 0 saturated carbocycles. The monoisotopic (exact) mass is 349 g/mol. The molecule has 1 atom stereocenters. The van der Waals surface area contributed by atoms with Crippen LogP contribution in [0.2, 0.25) is 0 Å². The molecule has 0 aliphatic rings. The van der Waals surface area contributed by atoms with Crippen molar-refractivity contribution in [3.05, 3.63) is 12.3 Å². The molecule has 0 radical (unpaired) electrons. The highest BCUT2D eigenvalue weighted by molar-refractivity contribution is 7.85. The van der Waals surface area contributed by atoms with E-state index in [0.717, 1.165) is 13.0 Å². The third-order valence-corrected chi connectivity index (χ3v) is 4.57. The molecule has 0 saturated heterocycles. The first-order valence-corrected chi connectivity index (χ1v) is 10.5. The molecule has 5 nitrogen and oxygen atoms in total. The van der Waals surface area contributed by atoms with Gasteiger partial charge in [0.05, 0.1) is 6.10 Å². The quantitative estimate of drug-likeness (QED) is 0.349. The number of aliphatic hydroxyl groups excluding tert-OH is 1. The lowest BCUT2D eigenvalue weighted by molar-refractivity contribution is 0.240. The fourth-order valence-corrected chi connectivity index (χ4v) is 2.98. The summed E-state index contributed by atoms with van der Waals surface area (Å²) >= 11 is 0. The van der Waals surface area contributed by atoms with E-state index in [-0.39, 0.29) is 0 Å². The molecule has 0 rings (SSSR count). The molecule has 0 amide bonds. The lowest BCUT2D eigenvalue weighted by Crippen LogP contribution is -2.19. The lowest BCUT2D eigenvalue weighted by Gasteiger charge is -2.14. The van der Waals surface area contributed by atoms with E-state index in [1.165, 1.54) is 63.9 Å². The molecule has 138 valence electrons. The minimum absolute atomic E-state index is 0.657. The topological polar surface area (TPSA) is 77.8 Å². The highest BCUT2D eigenvalue weighted by Crippen LogP contribution is 2.10. The highest BCUT2D eigenvalue weighted by Gasteiger charge is 2.10. The van der Waals surface area contributed by atoms with Crippen LogP contribution in [0.1, 0.15) is 71.1 Å². The summed E-state index contributed by atoms with van der Waals surface area (Å²) in [5.41, 5.74) is 0. The zero-order valence-electron chi connectivity index (χ0n) is 14.8. The summed E-state index contributed by atoms with van der Waals surface area (Å²) in [6.45, 7) is 3.12. The number of unbranched alkanes of at least 4 members (excludes halogenated alkanes) is 9. The van der Waals surface area contributed by atoms with Crippen LogP contribution in [0.5, 0.6) is 0 Å². The van der Waals surface area contributed by atoms with Crippen molar-refractivity contribution in [1.82, 2.24) is 4.90 Å². The van der Waals surface area contributed by atoms with Crippen LogP contribution < -0.4 is 0 Å². The van der Waals surface area contributed by atoms with Crippen LogP contribution in [0.25, 0.3) is 0 Å². The summed E-state index contributed by atoms with van der Waals surface area (Å²) in [6, 6.07) is 0. The zero-order chi connectivity index (χ0) is 17.6. The van der Waals surface area contributed by atoms with E-state index in [9.17, 15) is 13.5 Å². The van der Waals surface area contributed by atoms with Crippen molar-refractivity contribution < 1.29 is 18.1 Å². The van der Waals surface area contributed by atoms with Crippen molar-refractivity contribution in [1.29, 1.82) is 0 Å². The van der Waals surface area contributed by atoms with Gasteiger partial charge in [-0.05, 0) is 18.7 Å². The largest absolute Gasteiger partial charge is 0.388 e. The smallest absolute Gasteiger partial charge is 0.267 e. The minimum atomic E-state index is -4.13. The number of hydrogen-bond acceptors (Lipinski definition) is 4. The molecule has 6 heteroatoms. The van der Waals surface area contributed by atoms with E-state index in [4.69, 9.17) is 4.55 Å². The zero-order valence-corrected chi connectivity index (χ0v) is 15.6. The second kappa shape index (κ2) is 13.8. The molecular formula is C17H35NO4S. The van der Waals surface area contributed by atoms with Crippen molar-refractivity contribution >= 4 is 10.1 Å². The highest BCUT2D eigenvalue weighted by atomic mass is 32.2. The second-order valence-corrected chi connectivity index (χ2v) is 7.82. The maximum atomic E-state index is 10.6. The van der Waals surface area contributed by atoms with E-state index in [1.807, 2.05) is 11.9 Å². The molecule has 0 bridgehead atoms. The Morgan fingerprint density at radius 1 is 0.957 bits per heavy atom. The van der Waals surface area contributed by atoms with Gasteiger partial charge in [0.15, 0.2) is 0 Å². The first kappa shape index (κ1) is 22.4. The standard InChI is InChI=1S/C17H35NO4S/c1-3-4-5-6-7-8-9-10-11-12-14-18(2)15-13-17(19)16-23(20,21)22/h13,15,17,19H,3-12,14,16H2,1-2H3,(H,20,21,22). The van der Waals surface area contributed by atoms with Gasteiger partial charge < -0.3 is 10.0 Å². The summed E-state index contributed by atoms with van der Waals surface area (Å²) in [4.78, 5) is 1.93. The van der Waals surface area contributed by atoms with Crippen LogP contribution in [-0.2, 0) is 10.1 Å². The van der Waals surface area contributed by atoms with E-state index in [2.05, 4.69) is 6.92 Å². The van der Waals surface area contributed by atoms with E-state index < -0.39 is 22.0 Å². The number of rotatable bonds is 15. The summed E-state index contributed by atoms with van der Waals surface area (Å²) in [5, 5.41) is 9.43. The van der Waals surface area contributed by atoms with Crippen LogP contribution in [-0.4, -0.2) is 48.4 Å². The Morgan fingerprint density at radius 3 is 1.91 bits per heavy atom. The summed E-state index contributed by atoms with van der Waals surface area (Å²) in [7, 11) is -2.24. The molecule has 0 aromatic carbocycles. The van der Waals surface area contributed by atoms with E-state index in [1.54, 1.807) is 6.20 Å². The molecule has 0 spiro atoms. The van der Waals surface area contributed by atoms with Gasteiger partial charge in [0.1, 0.15) is 5.75 Å². The molecule has 23 heavy (non-hydrogen) atoms. The average molecular weight is 350 g/mol. The molecule has 0 aromatic heterocycles. The molecule has 1 unspecified atom stereocenters. The predicted octanol–water partition coefficient (Wildman–Crippen LogP) is 3.60. The van der Waals surface area contributed by atoms with Crippen molar-refractivity contribution in [2.24, 2.45) is 0 Å². The maximum Gasteiger partial charge on any atom is 0.267 e. The summed E-state index contributed by atoms with van der Waals surface area (Å²) in [6.07, 6.45) is 14.8. The molecule has 0 aliphatic carbocycles. The molecule has 0 aliphatic heterocycles. The Labute approximate surface area is 142 Å². The van der Waals surface area contributed by atoms with Crippen molar-refractivity contribution in [3.63, 3.8) is 0 Å². The van der Waals surface area contributed by atoms with Crippen LogP contribution in [0.3, 0.4) is 0 Å². The van der Waals surface area contributed by atoms with E-state index in [0.29, 0.717) is 0 Å². The van der Waals surface area contributed by atoms with Gasteiger partial charge in [0.25, 0.3) is 10.1 Å². The van der Waals surface area contributed by atoms with Gasteiger partial charge in [-0.15, -0.1) is 0 Å². The van der Waals surface area contributed by atoms with Crippen LogP contribution in [0.4, 0.5) is 0 Å². The lowest BCUT2D eigenvalue weighted by atomic mass is 10.1. The Balaban J connectivity index is 3.51. The van der Waals surface area contributed by atoms with Gasteiger partial charge in [-0.2, -0.15) is 8.42 Å². The number of nitrogens with zero attached hydrogens (tertiary/aromatic N) is 1. The third-order valence-electron chi connectivity index (χ3n) is 3.81. The third kappa shape index (κ3) is 17.6. The first-order chi connectivity index (χ1) is 10.8. The van der Waals surface area contributed by atoms with Crippen molar-refractivity contribution in [3.8, 4) is 0 Å². The normalized spacial score (nSPS) is 13.6. The fraction of sp³-hybridized carbons (Fsp3) is 0.882. The molecule has 2 N–H and O–H groups in total. The molecular weight excluding hydrogens is 314 g/mol. The number of aliphatic hydroxyl groups is 1. The van der Waals surface area contributed by atoms with Gasteiger partial charge >= 0.3 is 0 Å². The van der Waals surface area contributed by atoms with Gasteiger partial charge in [0, 0.05) is 13.6 Å². The SMILES string of the molecule is CCCCCCCCCCCCN(C)C=CC(O)CS(=O)(=O)O. The van der Waals surface area contributed by atoms with Crippen LogP contribution >= 0.6 is 0 Å². The van der Waals surface area contributed by atoms with Crippen LogP contribution in [0, 0.1) is 0 Å². The Bertz CT molecular complexity index is 395. The maximum absolute atomic E-state index is 10.6. The predicted molar refractivity (Wildman–Crippen MR) is 96.0 cm³/mol. The van der Waals surface area contributed by atoms with Crippen LogP contribution in [0.15, 0.2) is 12.3 Å². The van der Waals surface area contributed by atoms with Gasteiger partial charge in [-0.25, -0.2) is 0 Å². The summed E-state index contributed by atoms with van der Waals surface area (Å²) < 4.78 is 29.8. The molecule has 0 aromatic rings. The Morgan fingerprint density at radius 2 is 1.43 bits per heavy atom.